The first-order chi connectivity index (χ1) is 14.6. The van der Waals surface area contributed by atoms with Gasteiger partial charge in [-0.15, -0.1) is 0 Å². The Morgan fingerprint density at radius 1 is 1.00 bits per heavy atom. The summed E-state index contributed by atoms with van der Waals surface area (Å²) in [5.41, 5.74) is 1.02. The molecule has 1 aromatic heterocycles. The number of carboxylic acids is 1. The van der Waals surface area contributed by atoms with Crippen LogP contribution < -0.4 is 10.2 Å². The molecular formula is C23H28N4O3. The molecular weight excluding hydrogens is 380 g/mol. The summed E-state index contributed by atoms with van der Waals surface area (Å²) >= 11 is 0. The summed E-state index contributed by atoms with van der Waals surface area (Å²) < 4.78 is 0. The van der Waals surface area contributed by atoms with Crippen molar-refractivity contribution in [1.29, 1.82) is 0 Å². The molecule has 1 aromatic carbocycles. The third-order valence-electron chi connectivity index (χ3n) is 6.06. The molecule has 2 fully saturated rings. The van der Waals surface area contributed by atoms with Crippen molar-refractivity contribution in [3.63, 3.8) is 0 Å². The minimum atomic E-state index is -1.04. The number of piperidine rings is 2. The molecule has 2 saturated heterocycles. The molecule has 0 unspecified atom stereocenters. The van der Waals surface area contributed by atoms with Gasteiger partial charge in [0.15, 0.2) is 0 Å². The summed E-state index contributed by atoms with van der Waals surface area (Å²) in [6.45, 7) is 3.95. The van der Waals surface area contributed by atoms with Gasteiger partial charge in [-0.05, 0) is 57.0 Å². The fourth-order valence-electron chi connectivity index (χ4n) is 4.45. The Labute approximate surface area is 176 Å². The molecule has 0 spiro atoms. The average Bonchev–Trinajstić information content (AvgIpc) is 2.80. The lowest BCUT2D eigenvalue weighted by Crippen LogP contribution is -2.47. The zero-order chi connectivity index (χ0) is 20.9. The second-order valence-electron chi connectivity index (χ2n) is 8.04. The molecule has 0 radical (unpaired) electrons. The Balaban J connectivity index is 1.45. The molecule has 2 aliphatic heterocycles. The lowest BCUT2D eigenvalue weighted by Gasteiger charge is -2.40. The molecule has 3 heterocycles. The van der Waals surface area contributed by atoms with E-state index in [1.165, 1.54) is 38.4 Å². The summed E-state index contributed by atoms with van der Waals surface area (Å²) in [5, 5.41) is 12.5. The van der Waals surface area contributed by atoms with E-state index >= 15 is 0 Å². The SMILES string of the molecule is O=C(Nc1cnc(N2CCC(N3CCCCC3)CC2)c(C(=O)O)c1)c1ccccc1. The molecule has 158 valence electrons. The van der Waals surface area contributed by atoms with Crippen molar-refractivity contribution in [2.75, 3.05) is 36.4 Å². The van der Waals surface area contributed by atoms with Gasteiger partial charge < -0.3 is 20.2 Å². The standard InChI is InChI=1S/C23H28N4O3/c28-22(17-7-3-1-4-8-17)25-18-15-20(23(29)30)21(24-16-18)27-13-9-19(10-14-27)26-11-5-2-6-12-26/h1,3-4,7-8,15-16,19H,2,5-6,9-14H2,(H,25,28)(H,29,30). The van der Waals surface area contributed by atoms with Crippen molar-refractivity contribution in [3.8, 4) is 0 Å². The predicted molar refractivity (Wildman–Crippen MR) is 116 cm³/mol. The first-order valence-corrected chi connectivity index (χ1v) is 10.7. The zero-order valence-electron chi connectivity index (χ0n) is 17.1. The normalized spacial score (nSPS) is 18.2. The molecule has 7 heteroatoms. The number of benzene rings is 1. The Hall–Kier alpha value is -2.93. The van der Waals surface area contributed by atoms with E-state index < -0.39 is 5.97 Å². The fourth-order valence-corrected chi connectivity index (χ4v) is 4.45. The Kier molecular flexibility index (Phi) is 6.28. The number of carbonyl (C=O) groups is 2. The van der Waals surface area contributed by atoms with Crippen molar-refractivity contribution in [2.24, 2.45) is 0 Å². The lowest BCUT2D eigenvalue weighted by molar-refractivity contribution is 0.0696. The number of hydrogen-bond donors (Lipinski definition) is 2. The van der Waals surface area contributed by atoms with Crippen LogP contribution in [0.1, 0.15) is 52.8 Å². The van der Waals surface area contributed by atoms with Crippen LogP contribution in [-0.4, -0.2) is 59.1 Å². The van der Waals surface area contributed by atoms with Crippen LogP contribution in [0.5, 0.6) is 0 Å². The Morgan fingerprint density at radius 3 is 2.37 bits per heavy atom. The van der Waals surface area contributed by atoms with Crippen LogP contribution in [0.25, 0.3) is 0 Å². The third-order valence-corrected chi connectivity index (χ3v) is 6.06. The van der Waals surface area contributed by atoms with Gasteiger partial charge in [0.25, 0.3) is 5.91 Å². The largest absolute Gasteiger partial charge is 0.478 e. The van der Waals surface area contributed by atoms with Gasteiger partial charge in [-0.25, -0.2) is 9.78 Å². The summed E-state index contributed by atoms with van der Waals surface area (Å²) in [7, 11) is 0. The van der Waals surface area contributed by atoms with Gasteiger partial charge in [0.2, 0.25) is 0 Å². The van der Waals surface area contributed by atoms with Gasteiger partial charge in [-0.2, -0.15) is 0 Å². The quantitative estimate of drug-likeness (QED) is 0.788. The number of likely N-dealkylation sites (tertiary alicyclic amines) is 1. The number of aromatic nitrogens is 1. The minimum Gasteiger partial charge on any atom is -0.478 e. The van der Waals surface area contributed by atoms with Crippen molar-refractivity contribution in [3.05, 3.63) is 53.7 Å². The van der Waals surface area contributed by atoms with Crippen molar-refractivity contribution in [1.82, 2.24) is 9.88 Å². The maximum absolute atomic E-state index is 12.4. The summed E-state index contributed by atoms with van der Waals surface area (Å²) in [6, 6.07) is 10.9. The van der Waals surface area contributed by atoms with Crippen LogP contribution in [0.3, 0.4) is 0 Å². The number of pyridine rings is 1. The van der Waals surface area contributed by atoms with Crippen molar-refractivity contribution in [2.45, 2.75) is 38.1 Å². The monoisotopic (exact) mass is 408 g/mol. The molecule has 0 atom stereocenters. The minimum absolute atomic E-state index is 0.122. The molecule has 7 nitrogen and oxygen atoms in total. The Morgan fingerprint density at radius 2 is 1.70 bits per heavy atom. The maximum atomic E-state index is 12.4. The van der Waals surface area contributed by atoms with Gasteiger partial charge in [0.05, 0.1) is 11.9 Å². The number of amides is 1. The third kappa shape index (κ3) is 4.62. The topological polar surface area (TPSA) is 85.8 Å². The van der Waals surface area contributed by atoms with Crippen molar-refractivity contribution >= 4 is 23.4 Å². The van der Waals surface area contributed by atoms with Gasteiger partial charge in [-0.1, -0.05) is 24.6 Å². The number of carbonyl (C=O) groups excluding carboxylic acids is 1. The highest BCUT2D eigenvalue weighted by atomic mass is 16.4. The fraction of sp³-hybridized carbons (Fsp3) is 0.435. The van der Waals surface area contributed by atoms with E-state index in [0.717, 1.165) is 25.9 Å². The summed E-state index contributed by atoms with van der Waals surface area (Å²) in [6.07, 6.45) is 7.47. The molecule has 2 aromatic rings. The highest BCUT2D eigenvalue weighted by Gasteiger charge is 2.28. The van der Waals surface area contributed by atoms with Crippen LogP contribution >= 0.6 is 0 Å². The maximum Gasteiger partial charge on any atom is 0.339 e. The zero-order valence-corrected chi connectivity index (χ0v) is 17.1. The summed E-state index contributed by atoms with van der Waals surface area (Å²) in [4.78, 5) is 33.3. The molecule has 2 aliphatic rings. The molecule has 4 rings (SSSR count). The van der Waals surface area contributed by atoms with Crippen LogP contribution in [0.2, 0.25) is 0 Å². The van der Waals surface area contributed by atoms with Gasteiger partial charge in [-0.3, -0.25) is 4.79 Å². The van der Waals surface area contributed by atoms with Crippen LogP contribution in [0.15, 0.2) is 42.6 Å². The molecule has 30 heavy (non-hydrogen) atoms. The highest BCUT2D eigenvalue weighted by Crippen LogP contribution is 2.27. The molecule has 0 saturated carbocycles. The first-order valence-electron chi connectivity index (χ1n) is 10.7. The van der Waals surface area contributed by atoms with Gasteiger partial charge in [0, 0.05) is 24.7 Å². The molecule has 2 N–H and O–H groups in total. The predicted octanol–water partition coefficient (Wildman–Crippen LogP) is 3.49. The van der Waals surface area contributed by atoms with E-state index in [1.54, 1.807) is 30.5 Å². The van der Waals surface area contributed by atoms with E-state index in [1.807, 2.05) is 6.07 Å². The number of nitrogens with zero attached hydrogens (tertiary/aromatic N) is 3. The van der Waals surface area contributed by atoms with E-state index in [4.69, 9.17) is 0 Å². The number of nitrogens with one attached hydrogen (secondary N) is 1. The molecule has 1 amide bonds. The number of carboxylic acid groups (broad SMARTS) is 1. The van der Waals surface area contributed by atoms with E-state index in [-0.39, 0.29) is 11.5 Å². The summed E-state index contributed by atoms with van der Waals surface area (Å²) in [5.74, 6) is -0.840. The van der Waals surface area contributed by atoms with Gasteiger partial charge >= 0.3 is 5.97 Å². The van der Waals surface area contributed by atoms with Crippen LogP contribution in [0, 0.1) is 0 Å². The van der Waals surface area contributed by atoms with E-state index in [9.17, 15) is 14.7 Å². The number of anilines is 2. The van der Waals surface area contributed by atoms with Crippen molar-refractivity contribution < 1.29 is 14.7 Å². The molecule has 0 bridgehead atoms. The molecule has 0 aliphatic carbocycles. The smallest absolute Gasteiger partial charge is 0.339 e. The number of rotatable bonds is 5. The highest BCUT2D eigenvalue weighted by molar-refractivity contribution is 6.05. The van der Waals surface area contributed by atoms with E-state index in [2.05, 4.69) is 20.1 Å². The van der Waals surface area contributed by atoms with Crippen LogP contribution in [-0.2, 0) is 0 Å². The lowest BCUT2D eigenvalue weighted by atomic mass is 9.99. The number of hydrogen-bond acceptors (Lipinski definition) is 5. The Bertz CT molecular complexity index is 889. The van der Waals surface area contributed by atoms with E-state index in [0.29, 0.717) is 23.1 Å². The first kappa shape index (κ1) is 20.3. The average molecular weight is 409 g/mol. The van der Waals surface area contributed by atoms with Crippen LogP contribution in [0.4, 0.5) is 11.5 Å². The second-order valence-corrected chi connectivity index (χ2v) is 8.04. The second kappa shape index (κ2) is 9.26. The number of aromatic carboxylic acids is 1. The van der Waals surface area contributed by atoms with Gasteiger partial charge in [0.1, 0.15) is 11.4 Å².